The third-order valence-electron chi connectivity index (χ3n) is 2.32. The second kappa shape index (κ2) is 8.48. The van der Waals surface area contributed by atoms with Crippen molar-refractivity contribution in [2.45, 2.75) is 52.1 Å². The molecule has 0 aliphatic rings. The van der Waals surface area contributed by atoms with Gasteiger partial charge in [-0.3, -0.25) is 4.79 Å². The van der Waals surface area contributed by atoms with Crippen molar-refractivity contribution in [2.24, 2.45) is 0 Å². The van der Waals surface area contributed by atoms with Crippen LogP contribution in [0.3, 0.4) is 0 Å². The zero-order valence-corrected chi connectivity index (χ0v) is 11.7. The predicted molar refractivity (Wildman–Crippen MR) is 68.9 cm³/mol. The van der Waals surface area contributed by atoms with Crippen LogP contribution in [-0.4, -0.2) is 48.3 Å². The molecule has 17 heavy (non-hydrogen) atoms. The summed E-state index contributed by atoms with van der Waals surface area (Å²) in [6.07, 6.45) is 3.40. The smallest absolute Gasteiger partial charge is 0.307 e. The van der Waals surface area contributed by atoms with Crippen LogP contribution in [0.2, 0.25) is 0 Å². The van der Waals surface area contributed by atoms with E-state index in [1.165, 1.54) is 0 Å². The van der Waals surface area contributed by atoms with Crippen molar-refractivity contribution < 1.29 is 14.6 Å². The van der Waals surface area contributed by atoms with Crippen molar-refractivity contribution >= 4 is 5.97 Å². The fourth-order valence-corrected chi connectivity index (χ4v) is 1.46. The third kappa shape index (κ3) is 11.6. The predicted octanol–water partition coefficient (Wildman–Crippen LogP) is 1.81. The number of rotatable bonds is 8. The normalized spacial score (nSPS) is 11.9. The third-order valence-corrected chi connectivity index (χ3v) is 2.32. The molecule has 1 N–H and O–H groups in total. The van der Waals surface area contributed by atoms with Crippen molar-refractivity contribution in [1.82, 2.24) is 4.90 Å². The number of aliphatic hydroxyl groups is 1. The van der Waals surface area contributed by atoms with Crippen LogP contribution in [0.5, 0.6) is 0 Å². The van der Waals surface area contributed by atoms with Crippen molar-refractivity contribution in [3.63, 3.8) is 0 Å². The van der Waals surface area contributed by atoms with Gasteiger partial charge in [-0.1, -0.05) is 0 Å². The Morgan fingerprint density at radius 1 is 1.18 bits per heavy atom. The van der Waals surface area contributed by atoms with Crippen LogP contribution >= 0.6 is 0 Å². The highest BCUT2D eigenvalue weighted by Crippen LogP contribution is 2.08. The van der Waals surface area contributed by atoms with Gasteiger partial charge in [-0.15, -0.1) is 0 Å². The fraction of sp³-hybridized carbons (Fsp3) is 0.923. The Labute approximate surface area is 105 Å². The minimum atomic E-state index is -0.392. The Balaban J connectivity index is 3.55. The van der Waals surface area contributed by atoms with Gasteiger partial charge in [-0.2, -0.15) is 0 Å². The molecule has 0 aliphatic heterocycles. The second-order valence-corrected chi connectivity index (χ2v) is 5.42. The molecule has 0 saturated carbocycles. The van der Waals surface area contributed by atoms with Crippen molar-refractivity contribution in [3.8, 4) is 0 Å². The molecule has 0 fully saturated rings. The average molecular weight is 245 g/mol. The summed E-state index contributed by atoms with van der Waals surface area (Å²) in [5.74, 6) is -0.139. The largest absolute Gasteiger partial charge is 0.460 e. The molecule has 0 saturated heterocycles. The quantitative estimate of drug-likeness (QED) is 0.523. The summed E-state index contributed by atoms with van der Waals surface area (Å²) in [7, 11) is 2.00. The van der Waals surface area contributed by atoms with Crippen LogP contribution in [-0.2, 0) is 9.53 Å². The Hall–Kier alpha value is -0.610. The van der Waals surface area contributed by atoms with Gasteiger partial charge in [-0.05, 0) is 53.6 Å². The number of hydrogen-bond donors (Lipinski definition) is 1. The van der Waals surface area contributed by atoms with E-state index in [1.54, 1.807) is 0 Å². The molecular formula is C13H27NO3. The molecule has 0 aromatic heterocycles. The summed E-state index contributed by atoms with van der Waals surface area (Å²) >= 11 is 0. The van der Waals surface area contributed by atoms with E-state index in [2.05, 4.69) is 4.90 Å². The lowest BCUT2D eigenvalue weighted by Crippen LogP contribution is -2.28. The van der Waals surface area contributed by atoms with E-state index < -0.39 is 5.60 Å². The summed E-state index contributed by atoms with van der Waals surface area (Å²) < 4.78 is 5.23. The lowest BCUT2D eigenvalue weighted by Gasteiger charge is -2.21. The average Bonchev–Trinajstić information content (AvgIpc) is 2.19. The van der Waals surface area contributed by atoms with Gasteiger partial charge in [0, 0.05) is 13.2 Å². The first-order chi connectivity index (χ1) is 7.85. The van der Waals surface area contributed by atoms with Gasteiger partial charge in [-0.25, -0.2) is 0 Å². The molecule has 0 aromatic rings. The van der Waals surface area contributed by atoms with Crippen LogP contribution in [0, 0.1) is 0 Å². The van der Waals surface area contributed by atoms with E-state index in [1.807, 2.05) is 27.8 Å². The van der Waals surface area contributed by atoms with Crippen LogP contribution in [0.15, 0.2) is 0 Å². The van der Waals surface area contributed by atoms with Crippen LogP contribution in [0.1, 0.15) is 46.5 Å². The molecule has 0 radical (unpaired) electrons. The highest BCUT2D eigenvalue weighted by Gasteiger charge is 2.16. The summed E-state index contributed by atoms with van der Waals surface area (Å²) in [4.78, 5) is 13.6. The summed E-state index contributed by atoms with van der Waals surface area (Å²) in [6, 6.07) is 0. The Morgan fingerprint density at radius 3 is 2.35 bits per heavy atom. The molecule has 4 nitrogen and oxygen atoms in total. The zero-order chi connectivity index (χ0) is 13.3. The van der Waals surface area contributed by atoms with Crippen molar-refractivity contribution in [2.75, 3.05) is 26.7 Å². The van der Waals surface area contributed by atoms with Gasteiger partial charge in [0.15, 0.2) is 0 Å². The SMILES string of the molecule is CN(CCCCCO)CCC(=O)OC(C)(C)C. The highest BCUT2D eigenvalue weighted by atomic mass is 16.6. The first-order valence-corrected chi connectivity index (χ1v) is 6.36. The van der Waals surface area contributed by atoms with Crippen LogP contribution < -0.4 is 0 Å². The molecule has 0 bridgehead atoms. The number of nitrogens with zero attached hydrogens (tertiary/aromatic N) is 1. The second-order valence-electron chi connectivity index (χ2n) is 5.42. The van der Waals surface area contributed by atoms with E-state index in [-0.39, 0.29) is 12.6 Å². The number of carbonyl (C=O) groups excluding carboxylic acids is 1. The lowest BCUT2D eigenvalue weighted by atomic mass is 10.2. The van der Waals surface area contributed by atoms with Gasteiger partial charge < -0.3 is 14.7 Å². The molecule has 0 aromatic carbocycles. The van der Waals surface area contributed by atoms with Gasteiger partial charge in [0.05, 0.1) is 6.42 Å². The standard InChI is InChI=1S/C13H27NO3/c1-13(2,3)17-12(16)8-10-14(4)9-6-5-7-11-15/h15H,5-11H2,1-4H3. The Morgan fingerprint density at radius 2 is 1.82 bits per heavy atom. The number of esters is 1. The van der Waals surface area contributed by atoms with Gasteiger partial charge in [0.1, 0.15) is 5.60 Å². The molecule has 0 atom stereocenters. The monoisotopic (exact) mass is 245 g/mol. The summed E-state index contributed by atoms with van der Waals surface area (Å²) in [6.45, 7) is 7.59. The van der Waals surface area contributed by atoms with E-state index >= 15 is 0 Å². The molecular weight excluding hydrogens is 218 g/mol. The number of carbonyl (C=O) groups is 1. The molecule has 0 unspecified atom stereocenters. The van der Waals surface area contributed by atoms with E-state index in [9.17, 15) is 4.79 Å². The topological polar surface area (TPSA) is 49.8 Å². The maximum Gasteiger partial charge on any atom is 0.307 e. The minimum absolute atomic E-state index is 0.139. The maximum absolute atomic E-state index is 11.5. The fourth-order valence-electron chi connectivity index (χ4n) is 1.46. The Kier molecular flexibility index (Phi) is 8.17. The maximum atomic E-state index is 11.5. The molecule has 102 valence electrons. The van der Waals surface area contributed by atoms with Crippen molar-refractivity contribution in [1.29, 1.82) is 0 Å². The van der Waals surface area contributed by atoms with Gasteiger partial charge >= 0.3 is 5.97 Å². The summed E-state index contributed by atoms with van der Waals surface area (Å²) in [5.41, 5.74) is -0.392. The first-order valence-electron chi connectivity index (χ1n) is 6.36. The van der Waals surface area contributed by atoms with Gasteiger partial charge in [0.2, 0.25) is 0 Å². The Bertz CT molecular complexity index is 211. The summed E-state index contributed by atoms with van der Waals surface area (Å²) in [5, 5.41) is 8.64. The van der Waals surface area contributed by atoms with E-state index in [0.717, 1.165) is 32.4 Å². The zero-order valence-electron chi connectivity index (χ0n) is 11.7. The van der Waals surface area contributed by atoms with Crippen molar-refractivity contribution in [3.05, 3.63) is 0 Å². The van der Waals surface area contributed by atoms with E-state index in [0.29, 0.717) is 6.42 Å². The first kappa shape index (κ1) is 16.4. The number of aliphatic hydroxyl groups excluding tert-OH is 1. The van der Waals surface area contributed by atoms with Crippen LogP contribution in [0.25, 0.3) is 0 Å². The number of unbranched alkanes of at least 4 members (excludes halogenated alkanes) is 2. The molecule has 4 heteroatoms. The minimum Gasteiger partial charge on any atom is -0.460 e. The molecule has 0 rings (SSSR count). The molecule has 0 spiro atoms. The lowest BCUT2D eigenvalue weighted by molar-refractivity contribution is -0.155. The molecule has 0 amide bonds. The number of ether oxygens (including phenoxy) is 1. The molecule has 0 aliphatic carbocycles. The highest BCUT2D eigenvalue weighted by molar-refractivity contribution is 5.70. The molecule has 0 heterocycles. The number of hydrogen-bond acceptors (Lipinski definition) is 4. The van der Waals surface area contributed by atoms with Gasteiger partial charge in [0.25, 0.3) is 0 Å². The van der Waals surface area contributed by atoms with Crippen LogP contribution in [0.4, 0.5) is 0 Å². The van der Waals surface area contributed by atoms with E-state index in [4.69, 9.17) is 9.84 Å².